The largest absolute Gasteiger partial charge is 0.508 e. The van der Waals surface area contributed by atoms with Crippen LogP contribution in [0.25, 0.3) is 0 Å². The van der Waals surface area contributed by atoms with Gasteiger partial charge in [-0.15, -0.1) is 0 Å². The molecular formula is C11H18O3. The van der Waals surface area contributed by atoms with Gasteiger partial charge in [-0.3, -0.25) is 0 Å². The van der Waals surface area contributed by atoms with Crippen molar-refractivity contribution in [1.82, 2.24) is 0 Å². The van der Waals surface area contributed by atoms with Crippen LogP contribution in [0.4, 0.5) is 4.79 Å². The van der Waals surface area contributed by atoms with Gasteiger partial charge in [0.2, 0.25) is 0 Å². The molecule has 1 aliphatic rings. The third kappa shape index (κ3) is 3.40. The fraction of sp³-hybridized carbons (Fsp3) is 0.727. The van der Waals surface area contributed by atoms with Crippen LogP contribution in [0.5, 0.6) is 0 Å². The van der Waals surface area contributed by atoms with Crippen molar-refractivity contribution >= 4 is 6.16 Å². The van der Waals surface area contributed by atoms with Crippen molar-refractivity contribution in [3.8, 4) is 0 Å². The van der Waals surface area contributed by atoms with E-state index in [1.54, 1.807) is 0 Å². The van der Waals surface area contributed by atoms with Crippen molar-refractivity contribution in [2.24, 2.45) is 0 Å². The molecule has 0 saturated heterocycles. The highest BCUT2D eigenvalue weighted by Gasteiger charge is 2.28. The van der Waals surface area contributed by atoms with Crippen LogP contribution in [0.15, 0.2) is 12.2 Å². The minimum absolute atomic E-state index is 0.349. The fourth-order valence-electron chi connectivity index (χ4n) is 1.69. The molecule has 0 fully saturated rings. The van der Waals surface area contributed by atoms with E-state index in [9.17, 15) is 4.79 Å². The lowest BCUT2D eigenvalue weighted by molar-refractivity contribution is -0.0273. The van der Waals surface area contributed by atoms with Crippen LogP contribution in [0.2, 0.25) is 0 Å². The Kier molecular flexibility index (Phi) is 3.98. The molecule has 80 valence electrons. The Morgan fingerprint density at radius 2 is 2.00 bits per heavy atom. The Morgan fingerprint density at radius 1 is 1.29 bits per heavy atom. The van der Waals surface area contributed by atoms with Crippen LogP contribution in [-0.4, -0.2) is 18.9 Å². The van der Waals surface area contributed by atoms with Gasteiger partial charge >= 0.3 is 6.16 Å². The predicted octanol–water partition coefficient (Wildman–Crippen LogP) is 3.05. The summed E-state index contributed by atoms with van der Waals surface area (Å²) < 4.78 is 9.78. The lowest BCUT2D eigenvalue weighted by Gasteiger charge is -2.29. The van der Waals surface area contributed by atoms with E-state index in [4.69, 9.17) is 4.74 Å². The van der Waals surface area contributed by atoms with Crippen molar-refractivity contribution in [2.75, 3.05) is 7.11 Å². The second-order valence-corrected chi connectivity index (χ2v) is 3.91. The number of ether oxygens (including phenoxy) is 2. The molecule has 1 atom stereocenters. The maximum absolute atomic E-state index is 11.0. The van der Waals surface area contributed by atoms with Gasteiger partial charge in [-0.25, -0.2) is 4.79 Å². The van der Waals surface area contributed by atoms with Gasteiger partial charge in [0.05, 0.1) is 7.11 Å². The van der Waals surface area contributed by atoms with Crippen LogP contribution in [0, 0.1) is 0 Å². The van der Waals surface area contributed by atoms with E-state index in [1.807, 2.05) is 6.92 Å². The molecule has 0 aromatic heterocycles. The summed E-state index contributed by atoms with van der Waals surface area (Å²) in [6.45, 7) is 1.98. The normalized spacial score (nSPS) is 27.6. The Labute approximate surface area is 85.1 Å². The molecule has 0 spiro atoms. The average Bonchev–Trinajstić information content (AvgIpc) is 2.12. The summed E-state index contributed by atoms with van der Waals surface area (Å²) in [6.07, 6.45) is 8.65. The van der Waals surface area contributed by atoms with Crippen molar-refractivity contribution in [3.63, 3.8) is 0 Å². The van der Waals surface area contributed by atoms with Gasteiger partial charge in [0.15, 0.2) is 0 Å². The predicted molar refractivity (Wildman–Crippen MR) is 54.1 cm³/mol. The molecule has 1 aliphatic carbocycles. The van der Waals surface area contributed by atoms with Crippen molar-refractivity contribution in [1.29, 1.82) is 0 Å². The zero-order valence-corrected chi connectivity index (χ0v) is 8.91. The van der Waals surface area contributed by atoms with Gasteiger partial charge in [-0.1, -0.05) is 12.2 Å². The Morgan fingerprint density at radius 3 is 2.71 bits per heavy atom. The summed E-state index contributed by atoms with van der Waals surface area (Å²) in [7, 11) is 1.34. The van der Waals surface area contributed by atoms with Gasteiger partial charge < -0.3 is 9.47 Å². The molecule has 0 aromatic rings. The Balaban J connectivity index is 2.52. The van der Waals surface area contributed by atoms with Crippen LogP contribution in [0.3, 0.4) is 0 Å². The molecule has 0 N–H and O–H groups in total. The highest BCUT2D eigenvalue weighted by Crippen LogP contribution is 2.27. The minimum atomic E-state index is -0.572. The highest BCUT2D eigenvalue weighted by molar-refractivity contribution is 5.60. The number of rotatable bonds is 1. The van der Waals surface area contributed by atoms with E-state index in [1.165, 1.54) is 7.11 Å². The standard InChI is InChI=1S/C11H18O3/c1-11(14-10(12)13-2)8-6-4-3-5-7-9-11/h3-4H,5-9H2,1-2H3. The van der Waals surface area contributed by atoms with E-state index in [-0.39, 0.29) is 5.60 Å². The minimum Gasteiger partial charge on any atom is -0.438 e. The zero-order valence-electron chi connectivity index (χ0n) is 8.91. The average molecular weight is 198 g/mol. The van der Waals surface area contributed by atoms with Crippen molar-refractivity contribution in [2.45, 2.75) is 44.6 Å². The summed E-state index contributed by atoms with van der Waals surface area (Å²) in [5.74, 6) is 0. The smallest absolute Gasteiger partial charge is 0.438 e. The molecule has 0 bridgehead atoms. The molecule has 0 aromatic carbocycles. The molecular weight excluding hydrogens is 180 g/mol. The number of methoxy groups -OCH3 is 1. The van der Waals surface area contributed by atoms with Crippen molar-refractivity contribution < 1.29 is 14.3 Å². The van der Waals surface area contributed by atoms with Crippen LogP contribution >= 0.6 is 0 Å². The summed E-state index contributed by atoms with van der Waals surface area (Å²) >= 11 is 0. The molecule has 0 heterocycles. The number of allylic oxidation sites excluding steroid dienone is 2. The summed E-state index contributed by atoms with van der Waals surface area (Å²) in [4.78, 5) is 11.0. The van der Waals surface area contributed by atoms with Crippen LogP contribution in [-0.2, 0) is 9.47 Å². The maximum Gasteiger partial charge on any atom is 0.508 e. The quantitative estimate of drug-likeness (QED) is 0.480. The first-order valence-electron chi connectivity index (χ1n) is 5.08. The van der Waals surface area contributed by atoms with E-state index >= 15 is 0 Å². The second-order valence-electron chi connectivity index (χ2n) is 3.91. The van der Waals surface area contributed by atoms with E-state index < -0.39 is 6.16 Å². The number of hydrogen-bond donors (Lipinski definition) is 0. The molecule has 3 nitrogen and oxygen atoms in total. The van der Waals surface area contributed by atoms with Gasteiger partial charge in [0, 0.05) is 0 Å². The van der Waals surface area contributed by atoms with E-state index in [0.29, 0.717) is 0 Å². The summed E-state index contributed by atoms with van der Waals surface area (Å²) in [5, 5.41) is 0. The Hall–Kier alpha value is -0.990. The zero-order chi connectivity index (χ0) is 10.4. The van der Waals surface area contributed by atoms with Crippen LogP contribution in [0.1, 0.15) is 39.0 Å². The molecule has 0 amide bonds. The summed E-state index contributed by atoms with van der Waals surface area (Å²) in [6, 6.07) is 0. The van der Waals surface area contributed by atoms with Crippen LogP contribution < -0.4 is 0 Å². The van der Waals surface area contributed by atoms with Gasteiger partial charge in [0.1, 0.15) is 5.60 Å². The monoisotopic (exact) mass is 198 g/mol. The molecule has 0 saturated carbocycles. The van der Waals surface area contributed by atoms with Gasteiger partial charge in [-0.05, 0) is 39.0 Å². The second kappa shape index (κ2) is 5.03. The molecule has 1 rings (SSSR count). The van der Waals surface area contributed by atoms with Gasteiger partial charge in [0.25, 0.3) is 0 Å². The van der Waals surface area contributed by atoms with Crippen molar-refractivity contribution in [3.05, 3.63) is 12.2 Å². The molecule has 0 radical (unpaired) electrons. The number of carbonyl (C=O) groups is 1. The number of hydrogen-bond acceptors (Lipinski definition) is 3. The number of carbonyl (C=O) groups excluding carboxylic acids is 1. The third-order valence-corrected chi connectivity index (χ3v) is 2.58. The van der Waals surface area contributed by atoms with E-state index in [2.05, 4.69) is 16.9 Å². The topological polar surface area (TPSA) is 35.5 Å². The molecule has 1 unspecified atom stereocenters. The maximum atomic E-state index is 11.0. The first kappa shape index (κ1) is 11.1. The fourth-order valence-corrected chi connectivity index (χ4v) is 1.69. The lowest BCUT2D eigenvalue weighted by atomic mass is 9.91. The highest BCUT2D eigenvalue weighted by atomic mass is 16.7. The first-order chi connectivity index (χ1) is 6.66. The third-order valence-electron chi connectivity index (χ3n) is 2.58. The van der Waals surface area contributed by atoms with E-state index in [0.717, 1.165) is 32.1 Å². The molecule has 0 aliphatic heterocycles. The SMILES string of the molecule is COC(=O)OC1(C)CCC=CCCC1. The lowest BCUT2D eigenvalue weighted by Crippen LogP contribution is -2.32. The Bertz CT molecular complexity index is 223. The first-order valence-corrected chi connectivity index (χ1v) is 5.08. The van der Waals surface area contributed by atoms with Gasteiger partial charge in [-0.2, -0.15) is 0 Å². The molecule has 14 heavy (non-hydrogen) atoms. The molecule has 3 heteroatoms. The summed E-state index contributed by atoms with van der Waals surface area (Å²) in [5.41, 5.74) is -0.349.